The Kier molecular flexibility index (Phi) is 5.02. The minimum absolute atomic E-state index is 0.0203. The predicted molar refractivity (Wildman–Crippen MR) is 93.6 cm³/mol. The maximum absolute atomic E-state index is 13.6. The lowest BCUT2D eigenvalue weighted by molar-refractivity contribution is -0.131. The normalized spacial score (nSPS) is 33.3. The topological polar surface area (TPSA) is 86.8 Å². The van der Waals surface area contributed by atoms with E-state index in [-0.39, 0.29) is 36.4 Å². The van der Waals surface area contributed by atoms with Crippen molar-refractivity contribution in [1.82, 2.24) is 25.2 Å². The van der Waals surface area contributed by atoms with Crippen LogP contribution in [0.15, 0.2) is 12.4 Å². The number of alkyl halides is 1. The number of likely N-dealkylation sites (tertiary alicyclic amines) is 1. The fraction of sp³-hybridized carbons (Fsp3) is 0.778. The van der Waals surface area contributed by atoms with Crippen molar-refractivity contribution in [3.05, 3.63) is 12.4 Å². The quantitative estimate of drug-likeness (QED) is 0.858. The first-order valence-corrected chi connectivity index (χ1v) is 9.19. The lowest BCUT2D eigenvalue weighted by Crippen LogP contribution is -2.55. The van der Waals surface area contributed by atoms with Gasteiger partial charge in [-0.3, -0.25) is 4.79 Å². The molecule has 4 atom stereocenters. The van der Waals surface area contributed by atoms with Gasteiger partial charge in [-0.25, -0.2) is 4.39 Å². The maximum atomic E-state index is 13.6. The highest BCUT2D eigenvalue weighted by molar-refractivity contribution is 5.79. The van der Waals surface area contributed by atoms with Crippen LogP contribution in [0.3, 0.4) is 0 Å². The third kappa shape index (κ3) is 3.32. The minimum atomic E-state index is -1.10. The molecule has 1 aliphatic carbocycles. The molecule has 0 spiro atoms. The van der Waals surface area contributed by atoms with Gasteiger partial charge in [-0.2, -0.15) is 20.3 Å². The van der Waals surface area contributed by atoms with Crippen molar-refractivity contribution < 1.29 is 9.18 Å². The highest BCUT2D eigenvalue weighted by atomic mass is 19.1. The second-order valence-corrected chi connectivity index (χ2v) is 8.25. The number of nitriles is 1. The second-order valence-electron chi connectivity index (χ2n) is 8.25. The molecule has 2 aliphatic rings. The zero-order valence-corrected chi connectivity index (χ0v) is 15.7. The first-order chi connectivity index (χ1) is 12.3. The Balaban J connectivity index is 1.62. The van der Waals surface area contributed by atoms with Gasteiger partial charge >= 0.3 is 0 Å². The molecule has 1 aromatic heterocycles. The van der Waals surface area contributed by atoms with Crippen molar-refractivity contribution >= 4 is 5.91 Å². The summed E-state index contributed by atoms with van der Waals surface area (Å²) in [6, 6.07) is 1.38. The summed E-state index contributed by atoms with van der Waals surface area (Å²) >= 11 is 0. The second kappa shape index (κ2) is 6.95. The van der Waals surface area contributed by atoms with E-state index in [0.29, 0.717) is 5.92 Å². The van der Waals surface area contributed by atoms with Crippen LogP contribution in [0.1, 0.15) is 40.0 Å². The molecular weight excluding hydrogens is 335 g/mol. The molecule has 1 amide bonds. The van der Waals surface area contributed by atoms with Crippen LogP contribution < -0.4 is 5.32 Å². The van der Waals surface area contributed by atoms with Gasteiger partial charge in [0, 0.05) is 12.0 Å². The number of rotatable bonds is 5. The Morgan fingerprint density at radius 3 is 2.73 bits per heavy atom. The number of hydrogen-bond donors (Lipinski definition) is 1. The summed E-state index contributed by atoms with van der Waals surface area (Å²) in [5.41, 5.74) is -0.291. The molecule has 2 heterocycles. The van der Waals surface area contributed by atoms with E-state index in [4.69, 9.17) is 5.26 Å². The van der Waals surface area contributed by atoms with Crippen LogP contribution in [-0.2, 0) is 11.3 Å². The summed E-state index contributed by atoms with van der Waals surface area (Å²) < 4.78 is 13.6. The lowest BCUT2D eigenvalue weighted by atomic mass is 9.71. The van der Waals surface area contributed by atoms with Gasteiger partial charge in [0.2, 0.25) is 5.91 Å². The minimum Gasteiger partial charge on any atom is -0.323 e. The van der Waals surface area contributed by atoms with Crippen LogP contribution in [0.4, 0.5) is 4.39 Å². The van der Waals surface area contributed by atoms with Gasteiger partial charge in [-0.05, 0) is 31.1 Å². The molecule has 0 radical (unpaired) electrons. The van der Waals surface area contributed by atoms with E-state index < -0.39 is 12.2 Å². The van der Waals surface area contributed by atoms with Gasteiger partial charge < -0.3 is 10.2 Å². The molecular formula is C18H27FN6O. The van der Waals surface area contributed by atoms with Gasteiger partial charge in [0.1, 0.15) is 12.2 Å². The molecule has 0 bridgehead atoms. The van der Waals surface area contributed by atoms with Crippen molar-refractivity contribution in [3.63, 3.8) is 0 Å². The maximum Gasteiger partial charge on any atom is 0.237 e. The number of amides is 1. The van der Waals surface area contributed by atoms with Crippen molar-refractivity contribution in [1.29, 1.82) is 5.26 Å². The molecule has 1 aromatic rings. The molecule has 7 nitrogen and oxygen atoms in total. The predicted octanol–water partition coefficient (Wildman–Crippen LogP) is 1.53. The average Bonchev–Trinajstić information content (AvgIpc) is 3.29. The van der Waals surface area contributed by atoms with Crippen LogP contribution >= 0.6 is 0 Å². The summed E-state index contributed by atoms with van der Waals surface area (Å²) in [5, 5.41) is 21.0. The summed E-state index contributed by atoms with van der Waals surface area (Å²) in [7, 11) is 0. The van der Waals surface area contributed by atoms with Gasteiger partial charge in [0.05, 0.1) is 38.1 Å². The first-order valence-electron chi connectivity index (χ1n) is 9.19. The number of carbonyl (C=O) groups excluding carboxylic acids is 1. The van der Waals surface area contributed by atoms with Crippen molar-refractivity contribution in [3.8, 4) is 6.07 Å². The van der Waals surface area contributed by atoms with E-state index in [1.165, 1.54) is 4.90 Å². The molecule has 26 heavy (non-hydrogen) atoms. The third-order valence-corrected chi connectivity index (χ3v) is 6.63. The number of nitrogens with one attached hydrogen (secondary N) is 1. The summed E-state index contributed by atoms with van der Waals surface area (Å²) in [6.07, 6.45) is 4.32. The molecule has 2 unspecified atom stereocenters. The Morgan fingerprint density at radius 2 is 2.08 bits per heavy atom. The van der Waals surface area contributed by atoms with Gasteiger partial charge in [0.15, 0.2) is 0 Å². The number of carbonyl (C=O) groups is 1. The zero-order chi connectivity index (χ0) is 18.9. The smallest absolute Gasteiger partial charge is 0.237 e. The number of halogens is 1. The van der Waals surface area contributed by atoms with E-state index in [1.807, 2.05) is 6.07 Å². The van der Waals surface area contributed by atoms with E-state index in [1.54, 1.807) is 17.2 Å². The average molecular weight is 362 g/mol. The van der Waals surface area contributed by atoms with E-state index in [2.05, 4.69) is 36.3 Å². The van der Waals surface area contributed by atoms with E-state index >= 15 is 0 Å². The molecule has 1 saturated heterocycles. The SMILES string of the molecule is CC1(NCC(=O)N2C[C@@H](F)C[C@H]2C#N)CCC(Cn2nccn2)C1(C)C. The number of nitrogens with zero attached hydrogens (tertiary/aromatic N) is 5. The van der Waals surface area contributed by atoms with Crippen LogP contribution in [-0.4, -0.2) is 56.6 Å². The molecule has 1 saturated carbocycles. The van der Waals surface area contributed by atoms with Gasteiger partial charge in [-0.1, -0.05) is 13.8 Å². The van der Waals surface area contributed by atoms with Crippen molar-refractivity contribution in [2.75, 3.05) is 13.1 Å². The van der Waals surface area contributed by atoms with Crippen LogP contribution in [0.25, 0.3) is 0 Å². The Labute approximate surface area is 153 Å². The third-order valence-electron chi connectivity index (χ3n) is 6.63. The van der Waals surface area contributed by atoms with Gasteiger partial charge in [0.25, 0.3) is 0 Å². The summed E-state index contributed by atoms with van der Waals surface area (Å²) in [5.74, 6) is 0.183. The molecule has 0 aromatic carbocycles. The fourth-order valence-electron chi connectivity index (χ4n) is 4.32. The number of aromatic nitrogens is 3. The lowest BCUT2D eigenvalue weighted by Gasteiger charge is -2.42. The van der Waals surface area contributed by atoms with Gasteiger partial charge in [-0.15, -0.1) is 0 Å². The Morgan fingerprint density at radius 1 is 1.38 bits per heavy atom. The largest absolute Gasteiger partial charge is 0.323 e. The highest BCUT2D eigenvalue weighted by Crippen LogP contribution is 2.50. The summed E-state index contributed by atoms with van der Waals surface area (Å²) in [6.45, 7) is 7.44. The van der Waals surface area contributed by atoms with E-state index in [9.17, 15) is 9.18 Å². The van der Waals surface area contributed by atoms with Crippen LogP contribution in [0.5, 0.6) is 0 Å². The Bertz CT molecular complexity index is 684. The standard InChI is InChI=1S/C18H27FN6O/c1-17(2)13(11-25-22-6-7-23-25)4-5-18(17,3)21-10-16(26)24-12-14(19)8-15(24)9-20/h6-7,13-15,21H,4-5,8,10-12H2,1-3H3/t13?,14-,15-,18?/m0/s1. The summed E-state index contributed by atoms with van der Waals surface area (Å²) in [4.78, 5) is 15.6. The molecule has 1 N–H and O–H groups in total. The molecule has 142 valence electrons. The van der Waals surface area contributed by atoms with Crippen LogP contribution in [0.2, 0.25) is 0 Å². The van der Waals surface area contributed by atoms with Crippen LogP contribution in [0, 0.1) is 22.7 Å². The van der Waals surface area contributed by atoms with Crippen molar-refractivity contribution in [2.45, 2.75) is 64.3 Å². The number of hydrogen-bond acceptors (Lipinski definition) is 5. The molecule has 8 heteroatoms. The van der Waals surface area contributed by atoms with E-state index in [0.717, 1.165) is 19.4 Å². The zero-order valence-electron chi connectivity index (χ0n) is 15.7. The highest BCUT2D eigenvalue weighted by Gasteiger charge is 2.51. The van der Waals surface area contributed by atoms with Crippen molar-refractivity contribution in [2.24, 2.45) is 11.3 Å². The monoisotopic (exact) mass is 362 g/mol. The Hall–Kier alpha value is -2.01. The molecule has 3 rings (SSSR count). The molecule has 2 fully saturated rings. The first kappa shape index (κ1) is 18.8. The fourth-order valence-corrected chi connectivity index (χ4v) is 4.32. The molecule has 1 aliphatic heterocycles.